The van der Waals surface area contributed by atoms with E-state index in [1.54, 1.807) is 6.07 Å². The summed E-state index contributed by atoms with van der Waals surface area (Å²) in [5.74, 6) is 1.69. The number of anilines is 2. The summed E-state index contributed by atoms with van der Waals surface area (Å²) >= 11 is 11.8. The minimum absolute atomic E-state index is 0.319. The van der Waals surface area contributed by atoms with Gasteiger partial charge in [-0.3, -0.25) is 0 Å². The van der Waals surface area contributed by atoms with Gasteiger partial charge in [0.2, 0.25) is 0 Å². The number of pyridine rings is 1. The van der Waals surface area contributed by atoms with Crippen LogP contribution < -0.4 is 11.1 Å². The van der Waals surface area contributed by atoms with Crippen molar-refractivity contribution in [3.05, 3.63) is 16.1 Å². The molecule has 1 saturated carbocycles. The Bertz CT molecular complexity index is 376. The lowest BCUT2D eigenvalue weighted by Gasteiger charge is -2.12. The number of nitrogens with two attached hydrogens (primary N) is 1. The summed E-state index contributed by atoms with van der Waals surface area (Å²) in [5.41, 5.74) is 5.63. The molecule has 0 radical (unpaired) electrons. The normalized spacial score (nSPS) is 16.6. The highest BCUT2D eigenvalue weighted by atomic mass is 35.5. The molecule has 0 unspecified atom stereocenters. The second-order valence-electron chi connectivity index (χ2n) is 4.22. The van der Waals surface area contributed by atoms with Gasteiger partial charge in [0.05, 0.1) is 10.0 Å². The Hall–Kier alpha value is -0.670. The van der Waals surface area contributed by atoms with Gasteiger partial charge in [-0.15, -0.1) is 0 Å². The number of nitrogen functional groups attached to an aromatic ring is 1. The van der Waals surface area contributed by atoms with E-state index in [0.717, 1.165) is 12.5 Å². The van der Waals surface area contributed by atoms with Crippen molar-refractivity contribution in [1.82, 2.24) is 4.98 Å². The fourth-order valence-electron chi connectivity index (χ4n) is 2.06. The molecule has 0 aromatic carbocycles. The van der Waals surface area contributed by atoms with Gasteiger partial charge >= 0.3 is 0 Å². The molecule has 16 heavy (non-hydrogen) atoms. The topological polar surface area (TPSA) is 50.9 Å². The third-order valence-corrected chi connectivity index (χ3v) is 3.58. The molecule has 1 aromatic heterocycles. The van der Waals surface area contributed by atoms with Gasteiger partial charge in [0.1, 0.15) is 11.6 Å². The van der Waals surface area contributed by atoms with Gasteiger partial charge in [-0.2, -0.15) is 0 Å². The van der Waals surface area contributed by atoms with E-state index in [1.807, 2.05) is 0 Å². The summed E-state index contributed by atoms with van der Waals surface area (Å²) in [6.07, 6.45) is 5.23. The summed E-state index contributed by atoms with van der Waals surface area (Å²) in [4.78, 5) is 4.14. The second kappa shape index (κ2) is 5.11. The molecule has 1 aromatic rings. The molecule has 5 heteroatoms. The molecule has 1 aliphatic rings. The minimum Gasteiger partial charge on any atom is -0.382 e. The lowest BCUT2D eigenvalue weighted by molar-refractivity contribution is 0.579. The van der Waals surface area contributed by atoms with E-state index >= 15 is 0 Å². The molecular weight excluding hydrogens is 245 g/mol. The van der Waals surface area contributed by atoms with Crippen LogP contribution in [0.4, 0.5) is 11.6 Å². The van der Waals surface area contributed by atoms with Crippen molar-refractivity contribution in [2.45, 2.75) is 25.7 Å². The van der Waals surface area contributed by atoms with Gasteiger partial charge < -0.3 is 11.1 Å². The average Bonchev–Trinajstić information content (AvgIpc) is 2.74. The van der Waals surface area contributed by atoms with E-state index in [4.69, 9.17) is 28.9 Å². The highest BCUT2D eigenvalue weighted by Crippen LogP contribution is 2.29. The summed E-state index contributed by atoms with van der Waals surface area (Å²) < 4.78 is 0. The Morgan fingerprint density at radius 1 is 1.31 bits per heavy atom. The van der Waals surface area contributed by atoms with E-state index in [1.165, 1.54) is 25.7 Å². The molecule has 0 bridgehead atoms. The molecule has 0 spiro atoms. The number of halogens is 2. The maximum atomic E-state index is 6.02. The van der Waals surface area contributed by atoms with Crippen LogP contribution in [0.2, 0.25) is 10.0 Å². The van der Waals surface area contributed by atoms with Gasteiger partial charge in [0.25, 0.3) is 0 Å². The highest BCUT2D eigenvalue weighted by Gasteiger charge is 2.15. The smallest absolute Gasteiger partial charge is 0.147 e. The second-order valence-corrected chi connectivity index (χ2v) is 5.03. The Morgan fingerprint density at radius 2 is 2.00 bits per heavy atom. The molecule has 1 fully saturated rings. The fraction of sp³-hybridized carbons (Fsp3) is 0.545. The van der Waals surface area contributed by atoms with Crippen LogP contribution in [0.15, 0.2) is 6.07 Å². The molecule has 0 saturated heterocycles. The van der Waals surface area contributed by atoms with Crippen molar-refractivity contribution in [1.29, 1.82) is 0 Å². The lowest BCUT2D eigenvalue weighted by Crippen LogP contribution is -2.12. The minimum atomic E-state index is 0.319. The van der Waals surface area contributed by atoms with Crippen LogP contribution in [0.25, 0.3) is 0 Å². The first-order valence-corrected chi connectivity index (χ1v) is 6.28. The maximum absolute atomic E-state index is 6.02. The fourth-order valence-corrected chi connectivity index (χ4v) is 2.49. The Balaban J connectivity index is 2.00. The van der Waals surface area contributed by atoms with Gasteiger partial charge in [0, 0.05) is 6.54 Å². The number of aromatic nitrogens is 1. The average molecular weight is 260 g/mol. The van der Waals surface area contributed by atoms with Gasteiger partial charge in [-0.05, 0) is 24.8 Å². The largest absolute Gasteiger partial charge is 0.382 e. The lowest BCUT2D eigenvalue weighted by atomic mass is 10.1. The summed E-state index contributed by atoms with van der Waals surface area (Å²) in [6.45, 7) is 0.911. The summed E-state index contributed by atoms with van der Waals surface area (Å²) in [5, 5.41) is 4.17. The van der Waals surface area contributed by atoms with E-state index < -0.39 is 0 Å². The Kier molecular flexibility index (Phi) is 3.77. The monoisotopic (exact) mass is 259 g/mol. The highest BCUT2D eigenvalue weighted by molar-refractivity contribution is 6.37. The van der Waals surface area contributed by atoms with Crippen molar-refractivity contribution in [2.75, 3.05) is 17.6 Å². The van der Waals surface area contributed by atoms with Crippen LogP contribution in [0.3, 0.4) is 0 Å². The molecule has 0 aliphatic heterocycles. The van der Waals surface area contributed by atoms with Crippen molar-refractivity contribution in [3.63, 3.8) is 0 Å². The van der Waals surface area contributed by atoms with Crippen LogP contribution in [0.1, 0.15) is 25.7 Å². The molecule has 88 valence electrons. The standard InChI is InChI=1S/C11H15Cl2N3/c12-8-5-9(13)11(16-10(8)14)15-6-7-3-1-2-4-7/h5,7H,1-4,6H2,(H3,14,15,16). The van der Waals surface area contributed by atoms with E-state index in [0.29, 0.717) is 21.7 Å². The van der Waals surface area contributed by atoms with Gasteiger partial charge in [0.15, 0.2) is 0 Å². The van der Waals surface area contributed by atoms with Crippen LogP contribution in [-0.2, 0) is 0 Å². The first kappa shape index (κ1) is 11.8. The third-order valence-electron chi connectivity index (χ3n) is 2.99. The molecule has 2 rings (SSSR count). The summed E-state index contributed by atoms with van der Waals surface area (Å²) in [7, 11) is 0. The zero-order chi connectivity index (χ0) is 11.5. The van der Waals surface area contributed by atoms with E-state index in [9.17, 15) is 0 Å². The molecule has 0 amide bonds. The SMILES string of the molecule is Nc1nc(NCC2CCCC2)c(Cl)cc1Cl. The molecule has 3 nitrogen and oxygen atoms in total. The van der Waals surface area contributed by atoms with Crippen molar-refractivity contribution in [3.8, 4) is 0 Å². The number of nitrogens with one attached hydrogen (secondary N) is 1. The third kappa shape index (κ3) is 2.71. The van der Waals surface area contributed by atoms with Crippen LogP contribution in [-0.4, -0.2) is 11.5 Å². The van der Waals surface area contributed by atoms with Gasteiger partial charge in [-0.1, -0.05) is 36.0 Å². The quantitative estimate of drug-likeness (QED) is 0.873. The molecule has 1 heterocycles. The molecule has 0 atom stereocenters. The maximum Gasteiger partial charge on any atom is 0.147 e. The Labute approximate surface area is 105 Å². The Morgan fingerprint density at radius 3 is 2.69 bits per heavy atom. The predicted octanol–water partition coefficient (Wildman–Crippen LogP) is 3.57. The zero-order valence-corrected chi connectivity index (χ0v) is 10.5. The number of hydrogen-bond acceptors (Lipinski definition) is 3. The first-order valence-electron chi connectivity index (χ1n) is 5.52. The van der Waals surface area contributed by atoms with Crippen molar-refractivity contribution < 1.29 is 0 Å². The summed E-state index contributed by atoms with van der Waals surface area (Å²) in [6, 6.07) is 1.63. The molecule has 1 aliphatic carbocycles. The molecule has 3 N–H and O–H groups in total. The van der Waals surface area contributed by atoms with Gasteiger partial charge in [-0.25, -0.2) is 4.98 Å². The predicted molar refractivity (Wildman–Crippen MR) is 69.1 cm³/mol. The number of hydrogen-bond donors (Lipinski definition) is 2. The first-order chi connectivity index (χ1) is 7.66. The van der Waals surface area contributed by atoms with E-state index in [-0.39, 0.29) is 0 Å². The number of rotatable bonds is 3. The van der Waals surface area contributed by atoms with Crippen molar-refractivity contribution >= 4 is 34.8 Å². The number of nitrogens with zero attached hydrogens (tertiary/aromatic N) is 1. The van der Waals surface area contributed by atoms with Crippen LogP contribution in [0.5, 0.6) is 0 Å². The van der Waals surface area contributed by atoms with Crippen LogP contribution >= 0.6 is 23.2 Å². The van der Waals surface area contributed by atoms with E-state index in [2.05, 4.69) is 10.3 Å². The van der Waals surface area contributed by atoms with Crippen molar-refractivity contribution in [2.24, 2.45) is 5.92 Å². The zero-order valence-electron chi connectivity index (χ0n) is 8.97. The molecular formula is C11H15Cl2N3. The van der Waals surface area contributed by atoms with Crippen LogP contribution in [0, 0.1) is 5.92 Å².